The zero-order valence-corrected chi connectivity index (χ0v) is 15.7. The van der Waals surface area contributed by atoms with Crippen molar-refractivity contribution < 1.29 is 28.5 Å². The van der Waals surface area contributed by atoms with Crippen LogP contribution in [0.3, 0.4) is 0 Å². The van der Waals surface area contributed by atoms with Crippen LogP contribution in [0.25, 0.3) is 0 Å². The monoisotopic (exact) mass is 335 g/mol. The van der Waals surface area contributed by atoms with Crippen molar-refractivity contribution in [3.8, 4) is 0 Å². The average Bonchev–Trinajstić information content (AvgIpc) is 2.45. The molecule has 0 aromatic rings. The highest BCUT2D eigenvalue weighted by molar-refractivity contribution is 6.33. The summed E-state index contributed by atoms with van der Waals surface area (Å²) in [6, 6.07) is -0.658. The van der Waals surface area contributed by atoms with Gasteiger partial charge in [-0.05, 0) is 34.7 Å². The lowest BCUT2D eigenvalue weighted by molar-refractivity contribution is -0.154. The molecule has 22 heavy (non-hydrogen) atoms. The van der Waals surface area contributed by atoms with Gasteiger partial charge in [0.05, 0.1) is 19.6 Å². The molecule has 0 aliphatic heterocycles. The Morgan fingerprint density at radius 2 is 1.50 bits per heavy atom. The summed E-state index contributed by atoms with van der Waals surface area (Å²) < 4.78 is 22.9. The minimum Gasteiger partial charge on any atom is -0.466 e. The summed E-state index contributed by atoms with van der Waals surface area (Å²) in [6.07, 6.45) is -0.0266. The second-order valence-corrected chi connectivity index (χ2v) is 6.59. The Labute approximate surface area is 135 Å². The number of carbonyl (C=O) groups excluding carboxylic acids is 2. The summed E-state index contributed by atoms with van der Waals surface area (Å²) in [5.74, 6) is -1.15. The van der Waals surface area contributed by atoms with Gasteiger partial charge in [0.15, 0.2) is 15.6 Å². The summed E-state index contributed by atoms with van der Waals surface area (Å²) in [5.41, 5.74) is 0. The second-order valence-electron chi connectivity index (χ2n) is 4.56. The number of hydrogen-bond acceptors (Lipinski definition) is 7. The highest BCUT2D eigenvalue weighted by Gasteiger charge is 2.30. The quantitative estimate of drug-likeness (QED) is 0.287. The van der Waals surface area contributed by atoms with Crippen molar-refractivity contribution >= 4 is 21.6 Å². The van der Waals surface area contributed by atoms with E-state index in [1.165, 1.54) is 0 Å². The van der Waals surface area contributed by atoms with E-state index in [0.29, 0.717) is 13.2 Å². The molecule has 0 unspecified atom stereocenters. The molecular formula is C14H29NO6Si. The first kappa shape index (κ1) is 21.0. The molecule has 0 saturated heterocycles. The minimum atomic E-state index is -1.06. The van der Waals surface area contributed by atoms with Gasteiger partial charge in [-0.15, -0.1) is 0 Å². The van der Waals surface area contributed by atoms with Crippen molar-refractivity contribution in [2.75, 3.05) is 33.5 Å². The Bertz CT molecular complexity index is 322. The van der Waals surface area contributed by atoms with Crippen LogP contribution in [0.5, 0.6) is 0 Å². The maximum absolute atomic E-state index is 12.1. The molecule has 0 saturated carbocycles. The Morgan fingerprint density at radius 3 is 1.95 bits per heavy atom. The third-order valence-electron chi connectivity index (χ3n) is 2.90. The zero-order valence-electron chi connectivity index (χ0n) is 14.3. The molecule has 0 bridgehead atoms. The van der Waals surface area contributed by atoms with Gasteiger partial charge in [-0.2, -0.15) is 0 Å². The van der Waals surface area contributed by atoms with Crippen LogP contribution in [0.4, 0.5) is 0 Å². The summed E-state index contributed by atoms with van der Waals surface area (Å²) in [6.45, 7) is 8.88. The normalized spacial score (nSPS) is 13.0. The van der Waals surface area contributed by atoms with E-state index >= 15 is 0 Å². The first-order valence-electron chi connectivity index (χ1n) is 7.75. The van der Waals surface area contributed by atoms with Gasteiger partial charge in [0.2, 0.25) is 0 Å². The molecule has 8 heteroatoms. The van der Waals surface area contributed by atoms with E-state index in [4.69, 9.17) is 18.9 Å². The van der Waals surface area contributed by atoms with E-state index in [9.17, 15) is 9.59 Å². The highest BCUT2D eigenvalue weighted by atomic mass is 28.2. The standard InChI is InChI=1S/C14H29NO6Si/c1-6-18-12(16)10-11(13(17)19-7-2)15(5)22-14(20-8-3)21-9-4/h11,14H,6-10,22H2,1-5H3/t11-/m0/s1. The van der Waals surface area contributed by atoms with Gasteiger partial charge in [0.25, 0.3) is 0 Å². The van der Waals surface area contributed by atoms with Crippen molar-refractivity contribution in [1.82, 2.24) is 4.57 Å². The van der Waals surface area contributed by atoms with E-state index in [-0.39, 0.29) is 25.5 Å². The minimum absolute atomic E-state index is 0.0266. The lowest BCUT2D eigenvalue weighted by atomic mass is 10.2. The van der Waals surface area contributed by atoms with E-state index in [1.807, 2.05) is 18.4 Å². The fourth-order valence-corrected chi connectivity index (χ4v) is 3.61. The van der Waals surface area contributed by atoms with Crippen molar-refractivity contribution in [2.45, 2.75) is 46.1 Å². The molecule has 0 aromatic carbocycles. The van der Waals surface area contributed by atoms with Gasteiger partial charge >= 0.3 is 11.9 Å². The molecule has 0 fully saturated rings. The SMILES string of the molecule is CCOC(=O)C[C@@H](C(=O)OCC)N(C)[SiH2]C(OCC)OCC. The fourth-order valence-electron chi connectivity index (χ4n) is 1.92. The van der Waals surface area contributed by atoms with Gasteiger partial charge in [-0.1, -0.05) is 0 Å². The first-order valence-corrected chi connectivity index (χ1v) is 9.20. The second kappa shape index (κ2) is 12.6. The predicted octanol–water partition coefficient (Wildman–Crippen LogP) is 0.244. The molecule has 0 aliphatic rings. The molecule has 130 valence electrons. The number of esters is 2. The lowest BCUT2D eigenvalue weighted by Crippen LogP contribution is -2.48. The zero-order chi connectivity index (χ0) is 17.0. The van der Waals surface area contributed by atoms with Gasteiger partial charge in [0.1, 0.15) is 6.04 Å². The van der Waals surface area contributed by atoms with E-state index in [2.05, 4.69) is 0 Å². The molecule has 0 radical (unpaired) electrons. The van der Waals surface area contributed by atoms with E-state index in [0.717, 1.165) is 0 Å². The van der Waals surface area contributed by atoms with Crippen LogP contribution in [0, 0.1) is 0 Å². The molecule has 7 nitrogen and oxygen atoms in total. The van der Waals surface area contributed by atoms with Crippen molar-refractivity contribution in [3.05, 3.63) is 0 Å². The molecule has 0 spiro atoms. The van der Waals surface area contributed by atoms with Gasteiger partial charge in [-0.3, -0.25) is 9.59 Å². The predicted molar refractivity (Wildman–Crippen MR) is 85.0 cm³/mol. The largest absolute Gasteiger partial charge is 0.466 e. The number of ether oxygens (including phenoxy) is 4. The maximum Gasteiger partial charge on any atom is 0.323 e. The summed E-state index contributed by atoms with van der Waals surface area (Å²) >= 11 is 0. The Balaban J connectivity index is 4.81. The molecule has 0 aliphatic carbocycles. The highest BCUT2D eigenvalue weighted by Crippen LogP contribution is 2.08. The van der Waals surface area contributed by atoms with Crippen LogP contribution >= 0.6 is 0 Å². The molecule has 0 amide bonds. The van der Waals surface area contributed by atoms with E-state index in [1.54, 1.807) is 20.9 Å². The van der Waals surface area contributed by atoms with Crippen LogP contribution in [0.15, 0.2) is 0 Å². The Kier molecular flexibility index (Phi) is 12.0. The van der Waals surface area contributed by atoms with E-state index < -0.39 is 27.7 Å². The third-order valence-corrected chi connectivity index (χ3v) is 4.68. The molecule has 0 N–H and O–H groups in total. The number of likely N-dealkylation sites (N-methyl/N-ethyl adjacent to an activating group) is 1. The van der Waals surface area contributed by atoms with Crippen LogP contribution in [-0.4, -0.2) is 71.6 Å². The average molecular weight is 335 g/mol. The van der Waals surface area contributed by atoms with Crippen LogP contribution in [0.2, 0.25) is 0 Å². The molecule has 0 rings (SSSR count). The van der Waals surface area contributed by atoms with Gasteiger partial charge in [-0.25, -0.2) is 0 Å². The van der Waals surface area contributed by atoms with Crippen molar-refractivity contribution in [1.29, 1.82) is 0 Å². The molecule has 0 aromatic heterocycles. The Hall–Kier alpha value is -0.963. The van der Waals surface area contributed by atoms with Crippen LogP contribution < -0.4 is 0 Å². The lowest BCUT2D eigenvalue weighted by Gasteiger charge is -2.28. The molecule has 0 heterocycles. The first-order chi connectivity index (χ1) is 10.5. The number of nitrogens with zero attached hydrogens (tertiary/aromatic N) is 1. The number of carbonyl (C=O) groups is 2. The fraction of sp³-hybridized carbons (Fsp3) is 0.857. The Morgan fingerprint density at radius 1 is 0.955 bits per heavy atom. The number of hydrogen-bond donors (Lipinski definition) is 0. The number of rotatable bonds is 12. The third kappa shape index (κ3) is 8.47. The summed E-state index contributed by atoms with van der Waals surface area (Å²) in [5, 5.41) is 0. The van der Waals surface area contributed by atoms with Gasteiger partial charge in [0, 0.05) is 13.2 Å². The maximum atomic E-state index is 12.1. The topological polar surface area (TPSA) is 74.3 Å². The summed E-state index contributed by atoms with van der Waals surface area (Å²) in [7, 11) is 0.734. The van der Waals surface area contributed by atoms with Gasteiger partial charge < -0.3 is 23.5 Å². The summed E-state index contributed by atoms with van der Waals surface area (Å²) in [4.78, 5) is 23.8. The molecule has 1 atom stereocenters. The molecular weight excluding hydrogens is 306 g/mol. The van der Waals surface area contributed by atoms with Crippen molar-refractivity contribution in [2.24, 2.45) is 0 Å². The smallest absolute Gasteiger partial charge is 0.323 e. The van der Waals surface area contributed by atoms with Crippen LogP contribution in [-0.2, 0) is 28.5 Å². The van der Waals surface area contributed by atoms with Crippen LogP contribution in [0.1, 0.15) is 34.1 Å². The van der Waals surface area contributed by atoms with Crippen molar-refractivity contribution in [3.63, 3.8) is 0 Å².